The molecule has 0 saturated carbocycles. The Morgan fingerprint density at radius 3 is 2.58 bits per heavy atom. The second kappa shape index (κ2) is 11.6. The molecule has 2 N–H and O–H groups in total. The number of halogens is 2. The highest BCUT2D eigenvalue weighted by Crippen LogP contribution is 2.31. The first-order chi connectivity index (χ1) is 17.2. The summed E-state index contributed by atoms with van der Waals surface area (Å²) in [6.45, 7) is 2.76. The van der Waals surface area contributed by atoms with E-state index < -0.39 is 0 Å². The third kappa shape index (κ3) is 5.80. The zero-order valence-corrected chi connectivity index (χ0v) is 21.0. The fraction of sp³-hybridized carbons (Fsp3) is 0.148. The van der Waals surface area contributed by atoms with E-state index in [1.807, 2.05) is 36.5 Å². The van der Waals surface area contributed by atoms with Gasteiger partial charge in [0.15, 0.2) is 6.19 Å². The van der Waals surface area contributed by atoms with Gasteiger partial charge in [0, 0.05) is 36.5 Å². The molecule has 5 rings (SSSR count). The number of aromatic amines is 1. The molecule has 1 aliphatic rings. The zero-order chi connectivity index (χ0) is 24.0. The van der Waals surface area contributed by atoms with Crippen LogP contribution in [0.1, 0.15) is 11.3 Å². The van der Waals surface area contributed by atoms with Crippen LogP contribution in [-0.4, -0.2) is 33.9 Å². The van der Waals surface area contributed by atoms with Crippen LogP contribution in [0.25, 0.3) is 11.1 Å². The van der Waals surface area contributed by atoms with E-state index in [-0.39, 0.29) is 12.4 Å². The molecule has 0 saturated heterocycles. The van der Waals surface area contributed by atoms with Gasteiger partial charge in [-0.25, -0.2) is 9.98 Å². The van der Waals surface area contributed by atoms with E-state index in [1.165, 1.54) is 0 Å². The molecule has 7 nitrogen and oxygen atoms in total. The fourth-order valence-corrected chi connectivity index (χ4v) is 4.39. The lowest BCUT2D eigenvalue weighted by molar-refractivity contribution is 0.418. The lowest BCUT2D eigenvalue weighted by Crippen LogP contribution is -2.41. The van der Waals surface area contributed by atoms with Crippen molar-refractivity contribution in [2.24, 2.45) is 4.99 Å². The van der Waals surface area contributed by atoms with Crippen LogP contribution in [0.15, 0.2) is 90.3 Å². The molecule has 0 amide bonds. The smallest absolute Gasteiger partial charge is 0.212 e. The van der Waals surface area contributed by atoms with Gasteiger partial charge in [-0.2, -0.15) is 5.26 Å². The minimum atomic E-state index is 0. The maximum absolute atomic E-state index is 9.46. The molecule has 0 atom stereocenters. The van der Waals surface area contributed by atoms with E-state index in [1.54, 1.807) is 18.5 Å². The normalized spacial score (nSPS) is 13.3. The first kappa shape index (κ1) is 25.1. The Hall–Kier alpha value is -3.99. The van der Waals surface area contributed by atoms with E-state index in [4.69, 9.17) is 16.6 Å². The summed E-state index contributed by atoms with van der Waals surface area (Å²) in [6.07, 6.45) is 5.60. The first-order valence-corrected chi connectivity index (χ1v) is 11.7. The quantitative estimate of drug-likeness (QED) is 0.156. The average Bonchev–Trinajstić information content (AvgIpc) is 3.33. The number of nitrogens with zero attached hydrogens (tertiary/aromatic N) is 5. The number of aromatic nitrogens is 2. The summed E-state index contributed by atoms with van der Waals surface area (Å²) in [6, 6.07) is 24.2. The van der Waals surface area contributed by atoms with Crippen molar-refractivity contribution in [2.45, 2.75) is 13.1 Å². The van der Waals surface area contributed by atoms with Crippen LogP contribution in [0.5, 0.6) is 0 Å². The average molecular weight is 518 g/mol. The molecule has 36 heavy (non-hydrogen) atoms. The van der Waals surface area contributed by atoms with E-state index in [9.17, 15) is 5.26 Å². The summed E-state index contributed by atoms with van der Waals surface area (Å²) in [4.78, 5) is 16.6. The Labute approximate surface area is 221 Å². The number of hydrogen-bond acceptors (Lipinski definition) is 4. The lowest BCUT2D eigenvalue weighted by Gasteiger charge is -2.25. The molecule has 0 spiro atoms. The van der Waals surface area contributed by atoms with Crippen molar-refractivity contribution in [3.05, 3.63) is 102 Å². The van der Waals surface area contributed by atoms with Crippen LogP contribution < -0.4 is 10.2 Å². The number of nitriles is 1. The number of fused-ring (bicyclic) bond motifs is 1. The van der Waals surface area contributed by atoms with Gasteiger partial charge >= 0.3 is 0 Å². The van der Waals surface area contributed by atoms with Crippen molar-refractivity contribution in [3.63, 3.8) is 0 Å². The Bertz CT molecular complexity index is 1350. The van der Waals surface area contributed by atoms with Crippen molar-refractivity contribution in [3.8, 4) is 17.3 Å². The van der Waals surface area contributed by atoms with Gasteiger partial charge in [-0.05, 0) is 53.1 Å². The second-order valence-corrected chi connectivity index (χ2v) is 8.71. The topological polar surface area (TPSA) is 83.3 Å². The van der Waals surface area contributed by atoms with Crippen molar-refractivity contribution in [1.82, 2.24) is 20.2 Å². The molecule has 0 radical (unpaired) electrons. The number of hydrogen-bond donors (Lipinski definition) is 2. The minimum absolute atomic E-state index is 0. The summed E-state index contributed by atoms with van der Waals surface area (Å²) < 4.78 is 0. The van der Waals surface area contributed by atoms with E-state index in [2.05, 4.69) is 61.6 Å². The maximum Gasteiger partial charge on any atom is 0.212 e. The maximum atomic E-state index is 9.46. The van der Waals surface area contributed by atoms with Crippen molar-refractivity contribution < 1.29 is 0 Å². The Morgan fingerprint density at radius 1 is 1.06 bits per heavy atom. The Morgan fingerprint density at radius 2 is 1.86 bits per heavy atom. The number of aliphatic imine (C=N–C) groups is 1. The summed E-state index contributed by atoms with van der Waals surface area (Å²) in [5.74, 6) is 0.509. The standard InChI is InChI=1S/C27H24ClN7.ClH/c28-23-7-9-24(10-8-23)33-27(31-18-29)35-13-12-34(17-25-15-30-19-32-25)26-11-6-21(14-22(26)16-35)20-4-2-1-3-5-20;/h1-11,14-15,19H,12-13,16-17H2,(H,30,32)(H,31,33);1H. The summed E-state index contributed by atoms with van der Waals surface area (Å²) in [5, 5.41) is 12.9. The van der Waals surface area contributed by atoms with Crippen LogP contribution in [0.4, 0.5) is 11.4 Å². The molecular weight excluding hydrogens is 493 g/mol. The van der Waals surface area contributed by atoms with Gasteiger partial charge in [0.1, 0.15) is 0 Å². The number of imidazole rings is 1. The predicted molar refractivity (Wildman–Crippen MR) is 146 cm³/mol. The van der Waals surface area contributed by atoms with Gasteiger partial charge in [0.05, 0.1) is 24.3 Å². The van der Waals surface area contributed by atoms with Crippen molar-refractivity contribution >= 4 is 41.3 Å². The van der Waals surface area contributed by atoms with Gasteiger partial charge < -0.3 is 14.8 Å². The molecule has 3 aromatic carbocycles. The number of anilines is 1. The largest absolute Gasteiger partial charge is 0.364 e. The van der Waals surface area contributed by atoms with Crippen molar-refractivity contribution in [2.75, 3.05) is 18.0 Å². The van der Waals surface area contributed by atoms with Crippen LogP contribution in [-0.2, 0) is 13.1 Å². The third-order valence-electron chi connectivity index (χ3n) is 5.97. The number of nitrogens with one attached hydrogen (secondary N) is 2. The van der Waals surface area contributed by atoms with Gasteiger partial charge in [-0.1, -0.05) is 48.0 Å². The summed E-state index contributed by atoms with van der Waals surface area (Å²) in [7, 11) is 0. The Kier molecular flexibility index (Phi) is 8.11. The van der Waals surface area contributed by atoms with Gasteiger partial charge in [0.25, 0.3) is 0 Å². The monoisotopic (exact) mass is 517 g/mol. The van der Waals surface area contributed by atoms with Crippen LogP contribution >= 0.6 is 24.0 Å². The molecule has 9 heteroatoms. The SMILES string of the molecule is Cl.N#CNC(=Nc1ccc(Cl)cc1)N1CCN(Cc2cnc[nH]2)c2ccc(-c3ccccc3)cc2C1. The van der Waals surface area contributed by atoms with Gasteiger partial charge in [0.2, 0.25) is 5.96 Å². The van der Waals surface area contributed by atoms with Gasteiger partial charge in [-0.15, -0.1) is 12.4 Å². The first-order valence-electron chi connectivity index (χ1n) is 11.3. The highest BCUT2D eigenvalue weighted by atomic mass is 35.5. The van der Waals surface area contributed by atoms with E-state index in [0.717, 1.165) is 40.3 Å². The minimum Gasteiger partial charge on any atom is -0.364 e. The summed E-state index contributed by atoms with van der Waals surface area (Å²) >= 11 is 6.04. The highest BCUT2D eigenvalue weighted by molar-refractivity contribution is 6.30. The fourth-order valence-electron chi connectivity index (χ4n) is 4.26. The molecule has 2 heterocycles. The number of benzene rings is 3. The zero-order valence-electron chi connectivity index (χ0n) is 19.4. The third-order valence-corrected chi connectivity index (χ3v) is 6.23. The molecule has 1 aromatic heterocycles. The number of guanidine groups is 1. The van der Waals surface area contributed by atoms with Crippen molar-refractivity contribution in [1.29, 1.82) is 5.26 Å². The van der Waals surface area contributed by atoms with Crippen LogP contribution in [0.2, 0.25) is 5.02 Å². The Balaban J connectivity index is 0.00000304. The molecule has 0 aliphatic carbocycles. The van der Waals surface area contributed by atoms with Crippen LogP contribution in [0, 0.1) is 11.5 Å². The summed E-state index contributed by atoms with van der Waals surface area (Å²) in [5.41, 5.74) is 6.40. The van der Waals surface area contributed by atoms with E-state index >= 15 is 0 Å². The number of rotatable bonds is 4. The molecule has 4 aromatic rings. The lowest BCUT2D eigenvalue weighted by atomic mass is 10.0. The second-order valence-electron chi connectivity index (χ2n) is 8.28. The molecule has 0 fully saturated rings. The van der Waals surface area contributed by atoms with Gasteiger partial charge in [-0.3, -0.25) is 5.32 Å². The molecule has 1 aliphatic heterocycles. The highest BCUT2D eigenvalue weighted by Gasteiger charge is 2.23. The number of H-pyrrole nitrogens is 1. The molecule has 182 valence electrons. The van der Waals surface area contributed by atoms with E-state index in [0.29, 0.717) is 30.6 Å². The predicted octanol–water partition coefficient (Wildman–Crippen LogP) is 5.73. The molecule has 0 unspecified atom stereocenters. The molecular formula is C27H25Cl2N7. The molecule has 0 bridgehead atoms. The van der Waals surface area contributed by atoms with Crippen LogP contribution in [0.3, 0.4) is 0 Å².